The number of ether oxygens (including phenoxy) is 1. The van der Waals surface area contributed by atoms with Crippen molar-refractivity contribution >= 4 is 0 Å². The van der Waals surface area contributed by atoms with Crippen LogP contribution in [0.15, 0.2) is 34.9 Å². The predicted molar refractivity (Wildman–Crippen MR) is 78.9 cm³/mol. The zero-order valence-electron chi connectivity index (χ0n) is 12.4. The summed E-state index contributed by atoms with van der Waals surface area (Å²) < 4.78 is 24.9. The highest BCUT2D eigenvalue weighted by Crippen LogP contribution is 2.34. The van der Waals surface area contributed by atoms with Crippen LogP contribution >= 0.6 is 0 Å². The van der Waals surface area contributed by atoms with E-state index in [2.05, 4.69) is 5.32 Å². The molecule has 1 aromatic carbocycles. The Bertz CT molecular complexity index is 623. The Balaban J connectivity index is 1.84. The third kappa shape index (κ3) is 2.68. The monoisotopic (exact) mass is 289 g/mol. The van der Waals surface area contributed by atoms with Crippen molar-refractivity contribution in [2.45, 2.75) is 38.3 Å². The number of halogens is 1. The van der Waals surface area contributed by atoms with Crippen LogP contribution in [0.1, 0.15) is 48.7 Å². The Kier molecular flexibility index (Phi) is 3.97. The fraction of sp³-hybridized carbons (Fsp3) is 0.412. The van der Waals surface area contributed by atoms with E-state index in [4.69, 9.17) is 9.15 Å². The Hall–Kier alpha value is -1.81. The van der Waals surface area contributed by atoms with Gasteiger partial charge in [-0.05, 0) is 38.0 Å². The largest absolute Gasteiger partial charge is 0.496 e. The van der Waals surface area contributed by atoms with Crippen molar-refractivity contribution in [1.29, 1.82) is 0 Å². The summed E-state index contributed by atoms with van der Waals surface area (Å²) in [5.41, 5.74) is 1.78. The van der Waals surface area contributed by atoms with E-state index in [1.807, 2.05) is 13.0 Å². The summed E-state index contributed by atoms with van der Waals surface area (Å²) in [6.45, 7) is 1.97. The lowest BCUT2D eigenvalue weighted by atomic mass is 9.92. The molecule has 0 radical (unpaired) electrons. The maximum atomic E-state index is 14.1. The molecule has 0 saturated carbocycles. The van der Waals surface area contributed by atoms with Gasteiger partial charge in [0.05, 0.1) is 13.4 Å². The molecule has 1 aliphatic rings. The number of methoxy groups -OCH3 is 1. The molecule has 112 valence electrons. The molecule has 0 fully saturated rings. The zero-order chi connectivity index (χ0) is 14.8. The van der Waals surface area contributed by atoms with Crippen molar-refractivity contribution in [3.8, 4) is 5.75 Å². The predicted octanol–water partition coefficient (Wildman–Crippen LogP) is 4.16. The molecular formula is C17H20FNO2. The van der Waals surface area contributed by atoms with Crippen LogP contribution in [0.4, 0.5) is 4.39 Å². The third-order valence-electron chi connectivity index (χ3n) is 4.17. The molecule has 0 spiro atoms. The summed E-state index contributed by atoms with van der Waals surface area (Å²) >= 11 is 0. The second kappa shape index (κ2) is 5.90. The number of benzene rings is 1. The van der Waals surface area contributed by atoms with E-state index in [0.29, 0.717) is 11.3 Å². The van der Waals surface area contributed by atoms with Crippen LogP contribution in [0.25, 0.3) is 0 Å². The Morgan fingerprint density at radius 1 is 1.38 bits per heavy atom. The SMILES string of the molecule is COc1cccc(F)c1C(C)NC1CCCc2occc21. The molecule has 2 unspecified atom stereocenters. The molecule has 1 aromatic heterocycles. The molecular weight excluding hydrogens is 269 g/mol. The number of nitrogens with one attached hydrogen (secondary N) is 1. The lowest BCUT2D eigenvalue weighted by Crippen LogP contribution is -2.28. The van der Waals surface area contributed by atoms with Gasteiger partial charge >= 0.3 is 0 Å². The molecule has 3 nitrogen and oxygen atoms in total. The standard InChI is InChI=1S/C17H20FNO2/c1-11(17-13(18)5-3-8-16(17)20-2)19-14-6-4-7-15-12(14)9-10-21-15/h3,5,8-11,14,19H,4,6-7H2,1-2H3. The van der Waals surface area contributed by atoms with Gasteiger partial charge in [-0.15, -0.1) is 0 Å². The number of aryl methyl sites for hydroxylation is 1. The molecule has 0 aliphatic heterocycles. The van der Waals surface area contributed by atoms with Crippen molar-refractivity contribution in [1.82, 2.24) is 5.32 Å². The van der Waals surface area contributed by atoms with E-state index in [1.54, 1.807) is 25.5 Å². The zero-order valence-corrected chi connectivity index (χ0v) is 12.4. The van der Waals surface area contributed by atoms with Crippen LogP contribution in [0.5, 0.6) is 5.75 Å². The van der Waals surface area contributed by atoms with E-state index >= 15 is 0 Å². The maximum Gasteiger partial charge on any atom is 0.131 e. The van der Waals surface area contributed by atoms with E-state index in [0.717, 1.165) is 25.0 Å². The van der Waals surface area contributed by atoms with Gasteiger partial charge in [-0.25, -0.2) is 4.39 Å². The minimum Gasteiger partial charge on any atom is -0.496 e. The Morgan fingerprint density at radius 3 is 3.05 bits per heavy atom. The van der Waals surface area contributed by atoms with Gasteiger partial charge in [-0.2, -0.15) is 0 Å². The van der Waals surface area contributed by atoms with Crippen LogP contribution < -0.4 is 10.1 Å². The Labute approximate surface area is 124 Å². The third-order valence-corrected chi connectivity index (χ3v) is 4.17. The van der Waals surface area contributed by atoms with Crippen LogP contribution in [0.3, 0.4) is 0 Å². The summed E-state index contributed by atoms with van der Waals surface area (Å²) in [4.78, 5) is 0. The lowest BCUT2D eigenvalue weighted by molar-refractivity contribution is 0.362. The first-order valence-electron chi connectivity index (χ1n) is 7.35. The molecule has 0 saturated heterocycles. The molecule has 1 N–H and O–H groups in total. The first-order valence-corrected chi connectivity index (χ1v) is 7.35. The second-order valence-electron chi connectivity index (χ2n) is 5.49. The number of furan rings is 1. The van der Waals surface area contributed by atoms with Crippen molar-refractivity contribution in [2.75, 3.05) is 7.11 Å². The summed E-state index contributed by atoms with van der Waals surface area (Å²) in [7, 11) is 1.57. The number of rotatable bonds is 4. The molecule has 2 atom stereocenters. The van der Waals surface area contributed by atoms with Gasteiger partial charge in [0.15, 0.2) is 0 Å². The van der Waals surface area contributed by atoms with E-state index < -0.39 is 0 Å². The van der Waals surface area contributed by atoms with E-state index in [-0.39, 0.29) is 17.9 Å². The van der Waals surface area contributed by atoms with Gasteiger partial charge in [-0.3, -0.25) is 0 Å². The van der Waals surface area contributed by atoms with Gasteiger partial charge in [0.2, 0.25) is 0 Å². The minimum absolute atomic E-state index is 0.132. The van der Waals surface area contributed by atoms with E-state index in [9.17, 15) is 4.39 Å². The number of hydrogen-bond acceptors (Lipinski definition) is 3. The average molecular weight is 289 g/mol. The number of fused-ring (bicyclic) bond motifs is 1. The van der Waals surface area contributed by atoms with Crippen molar-refractivity contribution < 1.29 is 13.5 Å². The first kappa shape index (κ1) is 14.1. The van der Waals surface area contributed by atoms with Crippen LogP contribution in [0, 0.1) is 5.82 Å². The normalized spacial score (nSPS) is 19.1. The quantitative estimate of drug-likeness (QED) is 0.918. The van der Waals surface area contributed by atoms with E-state index in [1.165, 1.54) is 11.6 Å². The van der Waals surface area contributed by atoms with Gasteiger partial charge in [0.25, 0.3) is 0 Å². The van der Waals surface area contributed by atoms with Gasteiger partial charge in [0, 0.05) is 29.6 Å². The topological polar surface area (TPSA) is 34.4 Å². The summed E-state index contributed by atoms with van der Waals surface area (Å²) in [5.74, 6) is 1.39. The van der Waals surface area contributed by atoms with Gasteiger partial charge in [0.1, 0.15) is 17.3 Å². The fourth-order valence-electron chi connectivity index (χ4n) is 3.16. The van der Waals surface area contributed by atoms with Crippen LogP contribution in [0.2, 0.25) is 0 Å². The highest BCUT2D eigenvalue weighted by atomic mass is 19.1. The molecule has 0 bridgehead atoms. The second-order valence-corrected chi connectivity index (χ2v) is 5.49. The molecule has 1 heterocycles. The smallest absolute Gasteiger partial charge is 0.131 e. The summed E-state index contributed by atoms with van der Waals surface area (Å²) in [6.07, 6.45) is 4.84. The minimum atomic E-state index is -0.238. The Morgan fingerprint density at radius 2 is 2.24 bits per heavy atom. The molecule has 4 heteroatoms. The summed E-state index contributed by atoms with van der Waals surface area (Å²) in [5, 5.41) is 3.51. The van der Waals surface area contributed by atoms with Crippen molar-refractivity contribution in [3.05, 3.63) is 53.2 Å². The van der Waals surface area contributed by atoms with Crippen LogP contribution in [-0.4, -0.2) is 7.11 Å². The molecule has 2 aromatic rings. The van der Waals surface area contributed by atoms with Gasteiger partial charge < -0.3 is 14.5 Å². The number of hydrogen-bond donors (Lipinski definition) is 1. The van der Waals surface area contributed by atoms with Gasteiger partial charge in [-0.1, -0.05) is 6.07 Å². The highest BCUT2D eigenvalue weighted by Gasteiger charge is 2.26. The summed E-state index contributed by atoms with van der Waals surface area (Å²) in [6, 6.07) is 7.01. The van der Waals surface area contributed by atoms with Crippen molar-refractivity contribution in [3.63, 3.8) is 0 Å². The molecule has 1 aliphatic carbocycles. The average Bonchev–Trinajstić information content (AvgIpc) is 2.96. The van der Waals surface area contributed by atoms with Crippen LogP contribution in [-0.2, 0) is 6.42 Å². The molecule has 0 amide bonds. The molecule has 3 rings (SSSR count). The first-order chi connectivity index (χ1) is 10.2. The maximum absolute atomic E-state index is 14.1. The highest BCUT2D eigenvalue weighted by molar-refractivity contribution is 5.37. The lowest BCUT2D eigenvalue weighted by Gasteiger charge is -2.27. The van der Waals surface area contributed by atoms with Crippen molar-refractivity contribution in [2.24, 2.45) is 0 Å². The molecule has 21 heavy (non-hydrogen) atoms. The fourth-order valence-corrected chi connectivity index (χ4v) is 3.16.